The van der Waals surface area contributed by atoms with E-state index in [4.69, 9.17) is 17.3 Å². The minimum Gasteiger partial charge on any atom is -0.345 e. The molecule has 114 valence electrons. The summed E-state index contributed by atoms with van der Waals surface area (Å²) in [6.45, 7) is 4.96. The zero-order chi connectivity index (χ0) is 14.6. The molecule has 6 heteroatoms. The number of hydrogen-bond acceptors (Lipinski definition) is 2. The van der Waals surface area contributed by atoms with Gasteiger partial charge in [0.15, 0.2) is 0 Å². The minimum atomic E-state index is -0.452. The van der Waals surface area contributed by atoms with Crippen molar-refractivity contribution in [1.82, 2.24) is 4.90 Å². The van der Waals surface area contributed by atoms with Gasteiger partial charge in [-0.25, -0.2) is 4.39 Å². The van der Waals surface area contributed by atoms with Gasteiger partial charge in [0.05, 0.1) is 6.42 Å². The predicted octanol–water partition coefficient (Wildman–Crippen LogP) is 2.89. The fourth-order valence-electron chi connectivity index (χ4n) is 1.78. The number of amides is 1. The first-order valence-electron chi connectivity index (χ1n) is 6.14. The molecule has 0 aliphatic carbocycles. The van der Waals surface area contributed by atoms with Crippen molar-refractivity contribution in [3.63, 3.8) is 0 Å². The number of likely N-dealkylation sites (N-methyl/N-ethyl adjacent to an activating group) is 1. The summed E-state index contributed by atoms with van der Waals surface area (Å²) in [6, 6.07) is 4.41. The molecule has 3 nitrogen and oxygen atoms in total. The van der Waals surface area contributed by atoms with Gasteiger partial charge in [-0.05, 0) is 24.1 Å². The number of carbonyl (C=O) groups is 1. The van der Waals surface area contributed by atoms with Gasteiger partial charge in [-0.15, -0.1) is 12.4 Å². The van der Waals surface area contributed by atoms with E-state index in [2.05, 4.69) is 0 Å². The molecule has 0 heterocycles. The molecule has 0 aromatic heterocycles. The lowest BCUT2D eigenvalue weighted by Crippen LogP contribution is -2.40. The van der Waals surface area contributed by atoms with Gasteiger partial charge in [-0.2, -0.15) is 0 Å². The summed E-state index contributed by atoms with van der Waals surface area (Å²) in [4.78, 5) is 13.6. The zero-order valence-electron chi connectivity index (χ0n) is 12.0. The quantitative estimate of drug-likeness (QED) is 0.906. The summed E-state index contributed by atoms with van der Waals surface area (Å²) in [6.07, 6.45) is -0.0390. The molecule has 1 aromatic carbocycles. The Hall–Kier alpha value is -0.840. The highest BCUT2D eigenvalue weighted by atomic mass is 35.5. The molecule has 1 rings (SSSR count). The first-order chi connectivity index (χ1) is 8.76. The monoisotopic (exact) mass is 322 g/mol. The second-order valence-corrected chi connectivity index (χ2v) is 5.90. The van der Waals surface area contributed by atoms with Crippen LogP contribution in [0.2, 0.25) is 5.02 Å². The van der Waals surface area contributed by atoms with Crippen molar-refractivity contribution in [3.05, 3.63) is 34.6 Å². The van der Waals surface area contributed by atoms with Gasteiger partial charge in [0.25, 0.3) is 0 Å². The van der Waals surface area contributed by atoms with Crippen LogP contribution < -0.4 is 5.73 Å². The van der Waals surface area contributed by atoms with Crippen molar-refractivity contribution in [2.75, 3.05) is 20.1 Å². The average molecular weight is 323 g/mol. The molecule has 0 aliphatic rings. The van der Waals surface area contributed by atoms with Crippen LogP contribution >= 0.6 is 24.0 Å². The van der Waals surface area contributed by atoms with Crippen molar-refractivity contribution < 1.29 is 9.18 Å². The van der Waals surface area contributed by atoms with E-state index in [0.29, 0.717) is 13.1 Å². The van der Waals surface area contributed by atoms with Gasteiger partial charge in [-0.1, -0.05) is 31.5 Å². The fourth-order valence-corrected chi connectivity index (χ4v) is 2.01. The van der Waals surface area contributed by atoms with Crippen LogP contribution in [0.15, 0.2) is 18.2 Å². The largest absolute Gasteiger partial charge is 0.345 e. The van der Waals surface area contributed by atoms with Crippen LogP contribution in [0.25, 0.3) is 0 Å². The van der Waals surface area contributed by atoms with Crippen LogP contribution in [0.4, 0.5) is 4.39 Å². The molecular weight excluding hydrogens is 302 g/mol. The molecule has 1 amide bonds. The molecule has 0 saturated carbocycles. The molecular formula is C14H21Cl2FN2O. The summed E-state index contributed by atoms with van der Waals surface area (Å²) in [7, 11) is 1.69. The molecule has 0 unspecified atom stereocenters. The van der Waals surface area contributed by atoms with Crippen molar-refractivity contribution in [2.24, 2.45) is 11.1 Å². The Kier molecular flexibility index (Phi) is 7.49. The highest BCUT2D eigenvalue weighted by Gasteiger charge is 2.22. The Morgan fingerprint density at radius 1 is 1.45 bits per heavy atom. The molecule has 0 fully saturated rings. The van der Waals surface area contributed by atoms with Crippen LogP contribution in [0.3, 0.4) is 0 Å². The normalized spacial score (nSPS) is 10.9. The lowest BCUT2D eigenvalue weighted by Gasteiger charge is -2.29. The second-order valence-electron chi connectivity index (χ2n) is 5.50. The van der Waals surface area contributed by atoms with Gasteiger partial charge in [0.2, 0.25) is 5.91 Å². The third-order valence-electron chi connectivity index (χ3n) is 3.03. The fraction of sp³-hybridized carbons (Fsp3) is 0.500. The molecule has 1 aromatic rings. The van der Waals surface area contributed by atoms with Crippen molar-refractivity contribution in [3.8, 4) is 0 Å². The number of nitrogens with two attached hydrogens (primary N) is 1. The predicted molar refractivity (Wildman–Crippen MR) is 82.8 cm³/mol. The third kappa shape index (κ3) is 5.27. The SMILES string of the molecule is CN(CC(C)(C)CN)C(=O)Cc1c(F)cccc1Cl.Cl. The van der Waals surface area contributed by atoms with Crippen LogP contribution in [-0.2, 0) is 11.2 Å². The van der Waals surface area contributed by atoms with E-state index < -0.39 is 5.82 Å². The first kappa shape index (κ1) is 19.2. The number of benzene rings is 1. The van der Waals surface area contributed by atoms with Crippen LogP contribution in [-0.4, -0.2) is 30.9 Å². The number of carbonyl (C=O) groups excluding carboxylic acids is 1. The maximum absolute atomic E-state index is 13.6. The van der Waals surface area contributed by atoms with E-state index in [9.17, 15) is 9.18 Å². The molecule has 0 atom stereocenters. The van der Waals surface area contributed by atoms with E-state index in [1.54, 1.807) is 18.0 Å². The van der Waals surface area contributed by atoms with Gasteiger partial charge < -0.3 is 10.6 Å². The highest BCUT2D eigenvalue weighted by molar-refractivity contribution is 6.31. The van der Waals surface area contributed by atoms with Crippen LogP contribution in [0.1, 0.15) is 19.4 Å². The molecule has 20 heavy (non-hydrogen) atoms. The Morgan fingerprint density at radius 2 is 2.05 bits per heavy atom. The van der Waals surface area contributed by atoms with Gasteiger partial charge in [0.1, 0.15) is 5.82 Å². The molecule has 0 saturated heterocycles. The lowest BCUT2D eigenvalue weighted by atomic mass is 9.93. The zero-order valence-corrected chi connectivity index (χ0v) is 13.5. The maximum Gasteiger partial charge on any atom is 0.226 e. The lowest BCUT2D eigenvalue weighted by molar-refractivity contribution is -0.130. The van der Waals surface area contributed by atoms with E-state index in [1.807, 2.05) is 13.8 Å². The van der Waals surface area contributed by atoms with Crippen molar-refractivity contribution >= 4 is 29.9 Å². The molecule has 0 radical (unpaired) electrons. The van der Waals surface area contributed by atoms with Crippen LogP contribution in [0.5, 0.6) is 0 Å². The Balaban J connectivity index is 0.00000361. The van der Waals surface area contributed by atoms with E-state index >= 15 is 0 Å². The van der Waals surface area contributed by atoms with E-state index in [0.717, 1.165) is 0 Å². The first-order valence-corrected chi connectivity index (χ1v) is 6.51. The second kappa shape index (κ2) is 7.81. The number of nitrogens with zero attached hydrogens (tertiary/aromatic N) is 1. The number of halogens is 3. The summed E-state index contributed by atoms with van der Waals surface area (Å²) in [5.41, 5.74) is 5.72. The van der Waals surface area contributed by atoms with Crippen molar-refractivity contribution in [2.45, 2.75) is 20.3 Å². The summed E-state index contributed by atoms with van der Waals surface area (Å²) >= 11 is 5.91. The number of hydrogen-bond donors (Lipinski definition) is 1. The molecule has 0 bridgehead atoms. The van der Waals surface area contributed by atoms with Gasteiger partial charge in [0, 0.05) is 24.2 Å². The smallest absolute Gasteiger partial charge is 0.226 e. The van der Waals surface area contributed by atoms with Crippen LogP contribution in [0, 0.1) is 11.2 Å². The standard InChI is InChI=1S/C14H20ClFN2O.ClH/c1-14(2,8-17)9-18(3)13(19)7-10-11(15)5-4-6-12(10)16;/h4-6H,7-9,17H2,1-3H3;1H. The highest BCUT2D eigenvalue weighted by Crippen LogP contribution is 2.21. The number of rotatable bonds is 5. The Morgan fingerprint density at radius 3 is 2.55 bits per heavy atom. The Labute approximate surface area is 130 Å². The van der Waals surface area contributed by atoms with E-state index in [1.165, 1.54) is 12.1 Å². The maximum atomic E-state index is 13.6. The summed E-state index contributed by atoms with van der Waals surface area (Å²) < 4.78 is 13.6. The van der Waals surface area contributed by atoms with Gasteiger partial charge >= 0.3 is 0 Å². The summed E-state index contributed by atoms with van der Waals surface area (Å²) in [5, 5.41) is 0.278. The van der Waals surface area contributed by atoms with Gasteiger partial charge in [-0.3, -0.25) is 4.79 Å². The van der Waals surface area contributed by atoms with Crippen molar-refractivity contribution in [1.29, 1.82) is 0 Å². The average Bonchev–Trinajstić information content (AvgIpc) is 2.33. The molecule has 0 spiro atoms. The topological polar surface area (TPSA) is 46.3 Å². The third-order valence-corrected chi connectivity index (χ3v) is 3.39. The van der Waals surface area contributed by atoms with E-state index in [-0.39, 0.29) is 40.7 Å². The molecule has 2 N–H and O–H groups in total. The Bertz CT molecular complexity index is 446. The molecule has 0 aliphatic heterocycles. The minimum absolute atomic E-state index is 0. The summed E-state index contributed by atoms with van der Waals surface area (Å²) in [5.74, 6) is -0.624.